The summed E-state index contributed by atoms with van der Waals surface area (Å²) in [7, 11) is 0. The molecule has 1 amide bonds. The second-order valence-electron chi connectivity index (χ2n) is 6.65. The maximum absolute atomic E-state index is 12.7. The third-order valence-corrected chi connectivity index (χ3v) is 5.51. The van der Waals surface area contributed by atoms with Crippen LogP contribution in [0.2, 0.25) is 0 Å². The molecule has 0 spiro atoms. The van der Waals surface area contributed by atoms with Gasteiger partial charge in [-0.1, -0.05) is 19.8 Å². The molecular weight excluding hydrogens is 240 g/mol. The molecule has 2 aliphatic heterocycles. The van der Waals surface area contributed by atoms with E-state index < -0.39 is 0 Å². The number of carbonyl (C=O) groups excluding carboxylic acids is 1. The molecule has 3 fully saturated rings. The van der Waals surface area contributed by atoms with E-state index in [1.165, 1.54) is 25.7 Å². The first-order valence-electron chi connectivity index (χ1n) is 7.88. The molecule has 2 heterocycles. The Kier molecular flexibility index (Phi) is 3.81. The Morgan fingerprint density at radius 3 is 2.84 bits per heavy atom. The van der Waals surface area contributed by atoms with Crippen LogP contribution in [0.1, 0.15) is 45.4 Å². The largest absolute Gasteiger partial charge is 0.394 e. The number of fused-ring (bicyclic) bond motifs is 1. The van der Waals surface area contributed by atoms with Crippen LogP contribution in [0.25, 0.3) is 0 Å². The predicted octanol–water partition coefficient (Wildman–Crippen LogP) is 1.14. The average Bonchev–Trinajstić information content (AvgIpc) is 3.00. The molecule has 4 heteroatoms. The smallest absolute Gasteiger partial charge is 0.240 e. The fourth-order valence-electron chi connectivity index (χ4n) is 4.27. The zero-order valence-corrected chi connectivity index (χ0v) is 11.8. The van der Waals surface area contributed by atoms with Crippen molar-refractivity contribution in [1.29, 1.82) is 0 Å². The predicted molar refractivity (Wildman–Crippen MR) is 73.7 cm³/mol. The number of hydrogen-bond acceptors (Lipinski definition) is 3. The highest BCUT2D eigenvalue weighted by Gasteiger charge is 2.43. The molecule has 4 nitrogen and oxygen atoms in total. The maximum Gasteiger partial charge on any atom is 0.240 e. The fourth-order valence-corrected chi connectivity index (χ4v) is 4.27. The summed E-state index contributed by atoms with van der Waals surface area (Å²) in [5.41, 5.74) is 0. The van der Waals surface area contributed by atoms with Crippen molar-refractivity contribution in [1.82, 2.24) is 10.2 Å². The highest BCUT2D eigenvalue weighted by atomic mass is 16.3. The van der Waals surface area contributed by atoms with E-state index in [0.29, 0.717) is 17.9 Å². The third-order valence-electron chi connectivity index (χ3n) is 5.51. The summed E-state index contributed by atoms with van der Waals surface area (Å²) in [6.07, 6.45) is 7.16. The van der Waals surface area contributed by atoms with Crippen LogP contribution in [-0.2, 0) is 4.79 Å². The highest BCUT2D eigenvalue weighted by Crippen LogP contribution is 2.34. The average molecular weight is 266 g/mol. The first-order valence-corrected chi connectivity index (χ1v) is 7.88. The first-order chi connectivity index (χ1) is 9.20. The van der Waals surface area contributed by atoms with Gasteiger partial charge in [-0.2, -0.15) is 0 Å². The molecule has 0 aromatic carbocycles. The lowest BCUT2D eigenvalue weighted by Crippen LogP contribution is -2.49. The number of hydrogen-bond donors (Lipinski definition) is 2. The molecule has 3 rings (SSSR count). The quantitative estimate of drug-likeness (QED) is 0.788. The number of nitrogens with one attached hydrogen (secondary N) is 1. The van der Waals surface area contributed by atoms with Crippen molar-refractivity contribution < 1.29 is 9.90 Å². The van der Waals surface area contributed by atoms with Gasteiger partial charge in [0.2, 0.25) is 5.91 Å². The van der Waals surface area contributed by atoms with Gasteiger partial charge in [0.15, 0.2) is 0 Å². The zero-order valence-electron chi connectivity index (χ0n) is 11.8. The Balaban J connectivity index is 1.64. The fraction of sp³-hybridized carbons (Fsp3) is 0.933. The Morgan fingerprint density at radius 2 is 2.11 bits per heavy atom. The minimum absolute atomic E-state index is 0.00690. The summed E-state index contributed by atoms with van der Waals surface area (Å²) in [4.78, 5) is 14.6. The highest BCUT2D eigenvalue weighted by molar-refractivity contribution is 5.83. The molecule has 2 N–H and O–H groups in total. The van der Waals surface area contributed by atoms with Crippen molar-refractivity contribution in [3.05, 3.63) is 0 Å². The molecule has 2 saturated heterocycles. The van der Waals surface area contributed by atoms with Crippen molar-refractivity contribution >= 4 is 5.91 Å². The van der Waals surface area contributed by atoms with Gasteiger partial charge in [-0.3, -0.25) is 4.79 Å². The molecule has 19 heavy (non-hydrogen) atoms. The van der Waals surface area contributed by atoms with Crippen molar-refractivity contribution in [3.8, 4) is 0 Å². The molecule has 108 valence electrons. The number of amides is 1. The van der Waals surface area contributed by atoms with Gasteiger partial charge in [-0.05, 0) is 37.5 Å². The van der Waals surface area contributed by atoms with Crippen molar-refractivity contribution in [2.75, 3.05) is 13.2 Å². The number of likely N-dealkylation sites (tertiary alicyclic amines) is 1. The normalized spacial score (nSPS) is 42.4. The number of rotatable bonds is 2. The summed E-state index contributed by atoms with van der Waals surface area (Å²) in [5, 5.41) is 13.0. The molecule has 5 unspecified atom stereocenters. The molecule has 0 aromatic heterocycles. The molecular formula is C15H26N2O2. The van der Waals surface area contributed by atoms with Crippen molar-refractivity contribution in [2.24, 2.45) is 11.8 Å². The topological polar surface area (TPSA) is 52.6 Å². The molecule has 0 radical (unpaired) electrons. The van der Waals surface area contributed by atoms with Gasteiger partial charge in [-0.25, -0.2) is 0 Å². The van der Waals surface area contributed by atoms with Crippen LogP contribution in [0.5, 0.6) is 0 Å². The number of carbonyl (C=O) groups is 1. The second kappa shape index (κ2) is 5.41. The van der Waals surface area contributed by atoms with Gasteiger partial charge in [0.25, 0.3) is 0 Å². The first kappa shape index (κ1) is 13.4. The van der Waals surface area contributed by atoms with E-state index in [0.717, 1.165) is 19.4 Å². The summed E-state index contributed by atoms with van der Waals surface area (Å²) in [6.45, 7) is 3.06. The number of aliphatic hydroxyl groups is 1. The molecule has 5 atom stereocenters. The second-order valence-corrected chi connectivity index (χ2v) is 6.65. The Bertz CT molecular complexity index is 333. The van der Waals surface area contributed by atoms with Crippen LogP contribution in [0, 0.1) is 11.8 Å². The Morgan fingerprint density at radius 1 is 1.32 bits per heavy atom. The summed E-state index contributed by atoms with van der Waals surface area (Å²) >= 11 is 0. The van der Waals surface area contributed by atoms with Gasteiger partial charge in [-0.15, -0.1) is 0 Å². The van der Waals surface area contributed by atoms with Gasteiger partial charge in [0.1, 0.15) is 0 Å². The lowest BCUT2D eigenvalue weighted by molar-refractivity contribution is -0.135. The van der Waals surface area contributed by atoms with Gasteiger partial charge in [0, 0.05) is 12.6 Å². The van der Waals surface area contributed by atoms with E-state index in [9.17, 15) is 9.90 Å². The summed E-state index contributed by atoms with van der Waals surface area (Å²) in [5.74, 6) is 1.37. The zero-order chi connectivity index (χ0) is 13.4. The van der Waals surface area contributed by atoms with Crippen molar-refractivity contribution in [3.63, 3.8) is 0 Å². The molecule has 3 aliphatic rings. The van der Waals surface area contributed by atoms with Crippen LogP contribution in [0.15, 0.2) is 0 Å². The molecule has 0 aromatic rings. The van der Waals surface area contributed by atoms with Crippen LogP contribution in [-0.4, -0.2) is 47.2 Å². The van der Waals surface area contributed by atoms with E-state index in [2.05, 4.69) is 12.2 Å². The van der Waals surface area contributed by atoms with Crippen LogP contribution < -0.4 is 5.32 Å². The summed E-state index contributed by atoms with van der Waals surface area (Å²) < 4.78 is 0. The standard InChI is InChI=1S/C15H26N2O2/c1-10-6-7-17(14(10)9-18)15(19)13-8-11-4-2-3-5-12(11)16-13/h10-14,16,18H,2-9H2,1H3. The summed E-state index contributed by atoms with van der Waals surface area (Å²) in [6, 6.07) is 0.611. The molecule has 1 aliphatic carbocycles. The minimum atomic E-state index is 0.00690. The molecule has 1 saturated carbocycles. The lowest BCUT2D eigenvalue weighted by atomic mass is 9.85. The van der Waals surface area contributed by atoms with E-state index in [1.54, 1.807) is 0 Å². The Hall–Kier alpha value is -0.610. The van der Waals surface area contributed by atoms with Crippen LogP contribution in [0.4, 0.5) is 0 Å². The van der Waals surface area contributed by atoms with E-state index in [1.807, 2.05) is 4.90 Å². The van der Waals surface area contributed by atoms with Crippen molar-refractivity contribution in [2.45, 2.75) is 63.6 Å². The van der Waals surface area contributed by atoms with Crippen LogP contribution >= 0.6 is 0 Å². The van der Waals surface area contributed by atoms with E-state index >= 15 is 0 Å². The number of aliphatic hydroxyl groups excluding tert-OH is 1. The lowest BCUT2D eigenvalue weighted by Gasteiger charge is -2.28. The monoisotopic (exact) mass is 266 g/mol. The van der Waals surface area contributed by atoms with E-state index in [4.69, 9.17) is 0 Å². The minimum Gasteiger partial charge on any atom is -0.394 e. The van der Waals surface area contributed by atoms with E-state index in [-0.39, 0.29) is 24.6 Å². The number of nitrogens with zero attached hydrogens (tertiary/aromatic N) is 1. The van der Waals surface area contributed by atoms with Crippen LogP contribution in [0.3, 0.4) is 0 Å². The van der Waals surface area contributed by atoms with Gasteiger partial charge in [0.05, 0.1) is 18.7 Å². The Labute approximate surface area is 115 Å². The van der Waals surface area contributed by atoms with Gasteiger partial charge < -0.3 is 15.3 Å². The SMILES string of the molecule is CC1CCN(C(=O)C2CC3CCCCC3N2)C1CO. The third kappa shape index (κ3) is 2.40. The molecule has 0 bridgehead atoms. The van der Waals surface area contributed by atoms with Gasteiger partial charge >= 0.3 is 0 Å². The maximum atomic E-state index is 12.7.